The molecule has 0 saturated carbocycles. The maximum atomic E-state index is 13.9. The maximum Gasteiger partial charge on any atom is 0.194 e. The molecule has 1 saturated heterocycles. The summed E-state index contributed by atoms with van der Waals surface area (Å²) in [6.07, 6.45) is -0.369. The van der Waals surface area contributed by atoms with Gasteiger partial charge in [0.1, 0.15) is 0 Å². The van der Waals surface area contributed by atoms with Gasteiger partial charge in [0.05, 0.1) is 36.6 Å². The highest BCUT2D eigenvalue weighted by atomic mass is 35.5. The lowest BCUT2D eigenvalue weighted by Gasteiger charge is -2.06. The molecule has 3 heterocycles. The fraction of sp³-hybridized carbons (Fsp3) is 0.455. The van der Waals surface area contributed by atoms with E-state index in [1.54, 1.807) is 0 Å². The van der Waals surface area contributed by atoms with Gasteiger partial charge < -0.3 is 9.47 Å². The molecule has 3 rings (SSSR count). The number of halogens is 2. The molecule has 0 spiro atoms. The number of hydrogen-bond acceptors (Lipinski definition) is 4. The first-order chi connectivity index (χ1) is 8.59. The molecule has 0 atom stereocenters. The smallest absolute Gasteiger partial charge is 0.194 e. The molecular formula is C11H12ClFO2S2Si. The van der Waals surface area contributed by atoms with E-state index in [4.69, 9.17) is 21.1 Å². The van der Waals surface area contributed by atoms with Crippen LogP contribution in [-0.2, 0) is 9.47 Å². The quantitative estimate of drug-likeness (QED) is 0.788. The molecule has 0 amide bonds. The molecule has 0 aromatic carbocycles. The molecule has 1 aliphatic heterocycles. The van der Waals surface area contributed by atoms with Crippen LogP contribution in [0.25, 0.3) is 9.40 Å². The molecule has 98 valence electrons. The van der Waals surface area contributed by atoms with Crippen LogP contribution in [-0.4, -0.2) is 22.0 Å². The van der Waals surface area contributed by atoms with Crippen molar-refractivity contribution in [3.05, 3.63) is 15.0 Å². The second-order valence-corrected chi connectivity index (χ2v) is 9.74. The van der Waals surface area contributed by atoms with Gasteiger partial charge in [-0.3, -0.25) is 0 Å². The van der Waals surface area contributed by atoms with Crippen LogP contribution in [0.2, 0.25) is 18.1 Å². The summed E-state index contributed by atoms with van der Waals surface area (Å²) < 4.78 is 26.7. The molecular weight excluding hydrogens is 311 g/mol. The van der Waals surface area contributed by atoms with Crippen molar-refractivity contribution >= 4 is 57.7 Å². The third-order valence-corrected chi connectivity index (χ3v) is 8.01. The van der Waals surface area contributed by atoms with E-state index in [9.17, 15) is 4.39 Å². The van der Waals surface area contributed by atoms with Crippen molar-refractivity contribution in [2.75, 3.05) is 13.2 Å². The van der Waals surface area contributed by atoms with Crippen molar-refractivity contribution < 1.29 is 13.9 Å². The van der Waals surface area contributed by atoms with Crippen LogP contribution >= 0.6 is 34.3 Å². The Kier molecular flexibility index (Phi) is 3.50. The molecule has 18 heavy (non-hydrogen) atoms. The molecule has 0 unspecified atom stereocenters. The highest BCUT2D eigenvalue weighted by Crippen LogP contribution is 2.44. The van der Waals surface area contributed by atoms with Crippen molar-refractivity contribution in [3.63, 3.8) is 0 Å². The van der Waals surface area contributed by atoms with Gasteiger partial charge in [-0.1, -0.05) is 24.7 Å². The van der Waals surface area contributed by atoms with Crippen LogP contribution in [0.15, 0.2) is 0 Å². The molecule has 0 radical (unpaired) electrons. The molecule has 2 aromatic rings. The fourth-order valence-corrected chi connectivity index (χ4v) is 7.74. The molecule has 0 aliphatic carbocycles. The van der Waals surface area contributed by atoms with Crippen molar-refractivity contribution in [1.82, 2.24) is 0 Å². The summed E-state index contributed by atoms with van der Waals surface area (Å²) in [6.45, 7) is 5.43. The van der Waals surface area contributed by atoms with Crippen LogP contribution in [0.3, 0.4) is 0 Å². The van der Waals surface area contributed by atoms with Gasteiger partial charge in [0.15, 0.2) is 11.4 Å². The minimum Gasteiger partial charge on any atom is -0.345 e. The molecule has 0 bridgehead atoms. The first-order valence-electron chi connectivity index (χ1n) is 5.73. The van der Waals surface area contributed by atoms with Crippen LogP contribution in [0.1, 0.15) is 11.2 Å². The number of ether oxygens (including phenoxy) is 2. The minimum absolute atomic E-state index is 0.0698. The molecule has 1 fully saturated rings. The topological polar surface area (TPSA) is 18.5 Å². The lowest BCUT2D eigenvalue weighted by atomic mass is 10.4. The Morgan fingerprint density at radius 1 is 1.22 bits per heavy atom. The summed E-state index contributed by atoms with van der Waals surface area (Å²) in [4.78, 5) is 0.881. The average molecular weight is 323 g/mol. The van der Waals surface area contributed by atoms with Crippen molar-refractivity contribution in [3.8, 4) is 0 Å². The Hall–Kier alpha value is 0.0169. The van der Waals surface area contributed by atoms with Crippen molar-refractivity contribution in [1.29, 1.82) is 0 Å². The largest absolute Gasteiger partial charge is 0.345 e. The summed E-state index contributed by atoms with van der Waals surface area (Å²) in [5.74, 6) is 0. The van der Waals surface area contributed by atoms with Gasteiger partial charge >= 0.3 is 0 Å². The monoisotopic (exact) mass is 322 g/mol. The summed E-state index contributed by atoms with van der Waals surface area (Å²) in [5, 5.41) is 1.43. The lowest BCUT2D eigenvalue weighted by molar-refractivity contribution is -0.0412. The zero-order chi connectivity index (χ0) is 12.9. The number of hydrogen-bond donors (Lipinski definition) is 0. The molecule has 1 aliphatic rings. The zero-order valence-corrected chi connectivity index (χ0v) is 13.5. The summed E-state index contributed by atoms with van der Waals surface area (Å²) in [6, 6.07) is 0. The van der Waals surface area contributed by atoms with Gasteiger partial charge in [-0.25, -0.2) is 0 Å². The van der Waals surface area contributed by atoms with Crippen molar-refractivity contribution in [2.24, 2.45) is 0 Å². The standard InChI is InChI=1S/C11H12ClFO2S2Si/c1-18(2)9-8-6(17-10(9)13)5(12)7(16-8)11-14-3-4-15-11/h11,18H,3-4H2,1-2H3. The highest BCUT2D eigenvalue weighted by molar-refractivity contribution is 7.30. The Balaban J connectivity index is 2.16. The van der Waals surface area contributed by atoms with E-state index in [2.05, 4.69) is 13.1 Å². The van der Waals surface area contributed by atoms with Gasteiger partial charge in [-0.15, -0.1) is 22.7 Å². The SMILES string of the molecule is C[SiH](C)c1c(F)sc2c(Cl)c(C3OCCO3)sc12. The fourth-order valence-electron chi connectivity index (χ4n) is 2.07. The highest BCUT2D eigenvalue weighted by Gasteiger charge is 2.28. The van der Waals surface area contributed by atoms with E-state index in [0.717, 1.165) is 30.8 Å². The van der Waals surface area contributed by atoms with Gasteiger partial charge in [0.25, 0.3) is 0 Å². The second kappa shape index (κ2) is 4.85. The summed E-state index contributed by atoms with van der Waals surface area (Å²) in [7, 11) is -1.20. The number of thiophene rings is 2. The van der Waals surface area contributed by atoms with E-state index in [0.29, 0.717) is 18.2 Å². The Morgan fingerprint density at radius 2 is 1.89 bits per heavy atom. The van der Waals surface area contributed by atoms with Gasteiger partial charge in [-0.2, -0.15) is 4.39 Å². The van der Waals surface area contributed by atoms with Crippen molar-refractivity contribution in [2.45, 2.75) is 19.4 Å². The Bertz CT molecular complexity index is 589. The normalized spacial score (nSPS) is 17.4. The number of fused-ring (bicyclic) bond motifs is 1. The van der Waals surface area contributed by atoms with E-state index in [1.807, 2.05) is 0 Å². The van der Waals surface area contributed by atoms with E-state index in [-0.39, 0.29) is 11.4 Å². The van der Waals surface area contributed by atoms with E-state index in [1.165, 1.54) is 11.3 Å². The van der Waals surface area contributed by atoms with Gasteiger partial charge in [-0.05, 0) is 5.19 Å². The second-order valence-electron chi connectivity index (χ2n) is 4.46. The molecule has 7 heteroatoms. The predicted octanol–water partition coefficient (Wildman–Crippen LogP) is 3.49. The van der Waals surface area contributed by atoms with E-state index >= 15 is 0 Å². The summed E-state index contributed by atoms with van der Waals surface area (Å²) in [5.41, 5.74) is 0. The van der Waals surface area contributed by atoms with Crippen LogP contribution in [0.5, 0.6) is 0 Å². The lowest BCUT2D eigenvalue weighted by Crippen LogP contribution is -2.23. The van der Waals surface area contributed by atoms with E-state index < -0.39 is 8.80 Å². The molecule has 2 aromatic heterocycles. The number of rotatable bonds is 2. The first kappa shape index (κ1) is 13.0. The van der Waals surface area contributed by atoms with Crippen LogP contribution < -0.4 is 5.19 Å². The Labute approximate surface area is 119 Å². The maximum absolute atomic E-state index is 13.9. The third-order valence-electron chi connectivity index (χ3n) is 2.90. The van der Waals surface area contributed by atoms with Crippen LogP contribution in [0, 0.1) is 5.13 Å². The average Bonchev–Trinajstić information content (AvgIpc) is 2.96. The predicted molar refractivity (Wildman–Crippen MR) is 77.8 cm³/mol. The minimum atomic E-state index is -1.20. The zero-order valence-electron chi connectivity index (χ0n) is 9.96. The van der Waals surface area contributed by atoms with Gasteiger partial charge in [0, 0.05) is 4.70 Å². The van der Waals surface area contributed by atoms with Gasteiger partial charge in [0.2, 0.25) is 0 Å². The third kappa shape index (κ3) is 1.95. The Morgan fingerprint density at radius 3 is 2.50 bits per heavy atom. The van der Waals surface area contributed by atoms with Crippen LogP contribution in [0.4, 0.5) is 4.39 Å². The molecule has 0 N–H and O–H groups in total. The first-order valence-corrected chi connectivity index (χ1v) is 10.6. The molecule has 2 nitrogen and oxygen atoms in total. The summed E-state index contributed by atoms with van der Waals surface area (Å²) >= 11 is 9.01.